The van der Waals surface area contributed by atoms with E-state index in [0.717, 1.165) is 29.9 Å². The Balaban J connectivity index is 2.63. The van der Waals surface area contributed by atoms with Crippen LogP contribution in [0.4, 0.5) is 0 Å². The van der Waals surface area contributed by atoms with Crippen molar-refractivity contribution in [2.24, 2.45) is 0 Å². The first-order valence-electron chi connectivity index (χ1n) is 9.36. The third kappa shape index (κ3) is 7.72. The second kappa shape index (κ2) is 10.4. The van der Waals surface area contributed by atoms with Crippen molar-refractivity contribution in [3.8, 4) is 5.75 Å². The van der Waals surface area contributed by atoms with Gasteiger partial charge in [0.15, 0.2) is 0 Å². The zero-order chi connectivity index (χ0) is 19.8. The number of carbonyl (C=O) groups is 1. The Morgan fingerprint density at radius 3 is 2.35 bits per heavy atom. The molecule has 0 aliphatic carbocycles. The van der Waals surface area contributed by atoms with Crippen LogP contribution < -0.4 is 10.2 Å². The normalized spacial score (nSPS) is 13.3. The van der Waals surface area contributed by atoms with Gasteiger partial charge in [0.25, 0.3) is 0 Å². The third-order valence-corrected chi connectivity index (χ3v) is 10.4. The number of hydroxylamine groups is 1. The smallest absolute Gasteiger partial charge is 0.243 e. The molecule has 0 aromatic heterocycles. The van der Waals surface area contributed by atoms with E-state index in [1.807, 2.05) is 24.3 Å². The van der Waals surface area contributed by atoms with Crippen molar-refractivity contribution in [2.45, 2.75) is 81.7 Å². The Labute approximate surface area is 164 Å². The highest BCUT2D eigenvalue weighted by Crippen LogP contribution is 2.36. The number of amides is 1. The van der Waals surface area contributed by atoms with Crippen molar-refractivity contribution < 1.29 is 14.1 Å². The van der Waals surface area contributed by atoms with Gasteiger partial charge >= 0.3 is 0 Å². The predicted molar refractivity (Wildman–Crippen MR) is 113 cm³/mol. The lowest BCUT2D eigenvalue weighted by Crippen LogP contribution is -2.46. The molecule has 6 heteroatoms. The minimum atomic E-state index is -1.98. The molecule has 4 nitrogen and oxygen atoms in total. The van der Waals surface area contributed by atoms with Crippen LogP contribution in [0.15, 0.2) is 29.2 Å². The summed E-state index contributed by atoms with van der Waals surface area (Å²) in [7, 11) is -0.316. The molecule has 0 radical (unpaired) electrons. The highest BCUT2D eigenvalue weighted by atomic mass is 32.2. The van der Waals surface area contributed by atoms with Crippen molar-refractivity contribution in [1.29, 1.82) is 0 Å². The molecule has 26 heavy (non-hydrogen) atoms. The minimum absolute atomic E-state index is 0.0306. The van der Waals surface area contributed by atoms with Gasteiger partial charge in [-0.05, 0) is 48.8 Å². The van der Waals surface area contributed by atoms with Gasteiger partial charge in [0.1, 0.15) is 5.75 Å². The number of hydrogen-bond donors (Lipinski definition) is 1. The van der Waals surface area contributed by atoms with E-state index in [0.29, 0.717) is 6.42 Å². The van der Waals surface area contributed by atoms with Crippen LogP contribution in [0, 0.1) is 0 Å². The van der Waals surface area contributed by atoms with Crippen molar-refractivity contribution in [3.63, 3.8) is 0 Å². The largest absolute Gasteiger partial charge is 0.497 e. The van der Waals surface area contributed by atoms with E-state index in [1.54, 1.807) is 18.9 Å². The summed E-state index contributed by atoms with van der Waals surface area (Å²) < 4.78 is 11.1. The summed E-state index contributed by atoms with van der Waals surface area (Å²) in [6, 6.07) is 8.01. The summed E-state index contributed by atoms with van der Waals surface area (Å²) in [6.45, 7) is 12.9. The van der Waals surface area contributed by atoms with Crippen molar-refractivity contribution in [1.82, 2.24) is 5.48 Å². The molecular formula is C20H35NO3SSi. The molecule has 1 atom stereocenters. The molecule has 1 rings (SSSR count). The van der Waals surface area contributed by atoms with Gasteiger partial charge < -0.3 is 9.26 Å². The lowest BCUT2D eigenvalue weighted by Gasteiger charge is -2.35. The number of carbonyl (C=O) groups excluding carboxylic acids is 1. The first kappa shape index (κ1) is 23.1. The average Bonchev–Trinajstić information content (AvgIpc) is 2.57. The molecule has 1 amide bonds. The molecule has 0 aliphatic rings. The van der Waals surface area contributed by atoms with E-state index in [1.165, 1.54) is 0 Å². The highest BCUT2D eigenvalue weighted by Gasteiger charge is 2.38. The Morgan fingerprint density at radius 1 is 1.23 bits per heavy atom. The maximum Gasteiger partial charge on any atom is 0.243 e. The zero-order valence-electron chi connectivity index (χ0n) is 17.3. The topological polar surface area (TPSA) is 47.6 Å². The van der Waals surface area contributed by atoms with Gasteiger partial charge in [-0.2, -0.15) is 0 Å². The summed E-state index contributed by atoms with van der Waals surface area (Å²) in [5, 5.41) is 0.311. The van der Waals surface area contributed by atoms with Crippen LogP contribution in [-0.4, -0.2) is 26.6 Å². The molecule has 0 saturated heterocycles. The molecule has 1 N–H and O–H groups in total. The zero-order valence-corrected chi connectivity index (χ0v) is 19.2. The molecule has 1 aromatic rings. The average molecular weight is 398 g/mol. The monoisotopic (exact) mass is 397 g/mol. The Bertz CT molecular complexity index is 555. The molecule has 148 valence electrons. The standard InChI is InChI=1S/C20H35NO3SSi/c1-8-9-10-18(25-17-13-11-16(23-5)12-14-17)15-19(22)21-24-26(6,7)20(2,3)4/h11-14,18H,8-10,15H2,1-7H3,(H,21,22). The van der Waals surface area contributed by atoms with Crippen molar-refractivity contribution in [2.75, 3.05) is 7.11 Å². The van der Waals surface area contributed by atoms with Crippen molar-refractivity contribution in [3.05, 3.63) is 24.3 Å². The first-order valence-corrected chi connectivity index (χ1v) is 13.2. The Hall–Kier alpha value is -0.983. The van der Waals surface area contributed by atoms with E-state index in [-0.39, 0.29) is 16.2 Å². The number of unbranched alkanes of at least 4 members (excludes halogenated alkanes) is 1. The van der Waals surface area contributed by atoms with Crippen LogP contribution in [0.3, 0.4) is 0 Å². The van der Waals surface area contributed by atoms with Gasteiger partial charge in [-0.25, -0.2) is 5.48 Å². The Kier molecular flexibility index (Phi) is 9.20. The fourth-order valence-electron chi connectivity index (χ4n) is 2.07. The van der Waals surface area contributed by atoms with E-state index in [9.17, 15) is 4.79 Å². The SMILES string of the molecule is CCCCC(CC(=O)NO[Si](C)(C)C(C)(C)C)Sc1ccc(OC)cc1. The van der Waals surface area contributed by atoms with Gasteiger partial charge in [0.2, 0.25) is 14.2 Å². The summed E-state index contributed by atoms with van der Waals surface area (Å²) >= 11 is 1.75. The van der Waals surface area contributed by atoms with Crippen LogP contribution in [-0.2, 0) is 9.32 Å². The molecule has 0 fully saturated rings. The van der Waals surface area contributed by atoms with Crippen LogP contribution in [0.25, 0.3) is 0 Å². The maximum atomic E-state index is 12.4. The Morgan fingerprint density at radius 2 is 1.85 bits per heavy atom. The molecular weight excluding hydrogens is 362 g/mol. The summed E-state index contributed by atoms with van der Waals surface area (Å²) in [5.41, 5.74) is 2.73. The highest BCUT2D eigenvalue weighted by molar-refractivity contribution is 8.00. The molecule has 0 saturated carbocycles. The van der Waals surface area contributed by atoms with Gasteiger partial charge in [0, 0.05) is 16.6 Å². The fraction of sp³-hybridized carbons (Fsp3) is 0.650. The number of hydrogen-bond acceptors (Lipinski definition) is 4. The van der Waals surface area contributed by atoms with Gasteiger partial charge in [-0.15, -0.1) is 11.8 Å². The van der Waals surface area contributed by atoms with Crippen LogP contribution in [0.5, 0.6) is 5.75 Å². The number of thioether (sulfide) groups is 1. The van der Waals surface area contributed by atoms with Gasteiger partial charge in [-0.1, -0.05) is 40.5 Å². The lowest BCUT2D eigenvalue weighted by molar-refractivity contribution is -0.128. The fourth-order valence-corrected chi connectivity index (χ4v) is 3.94. The molecule has 0 bridgehead atoms. The predicted octanol–water partition coefficient (Wildman–Crippen LogP) is 5.79. The van der Waals surface area contributed by atoms with E-state index >= 15 is 0 Å². The van der Waals surface area contributed by atoms with E-state index in [4.69, 9.17) is 9.26 Å². The number of rotatable bonds is 10. The summed E-state index contributed by atoms with van der Waals surface area (Å²) in [6.07, 6.45) is 3.72. The third-order valence-electron chi connectivity index (χ3n) is 4.88. The minimum Gasteiger partial charge on any atom is -0.497 e. The lowest BCUT2D eigenvalue weighted by atomic mass is 10.1. The summed E-state index contributed by atoms with van der Waals surface area (Å²) in [4.78, 5) is 13.6. The van der Waals surface area contributed by atoms with Gasteiger partial charge in [-0.3, -0.25) is 4.79 Å². The quantitative estimate of drug-likeness (QED) is 0.308. The second-order valence-electron chi connectivity index (χ2n) is 8.15. The number of ether oxygens (including phenoxy) is 1. The number of benzene rings is 1. The molecule has 1 unspecified atom stereocenters. The molecule has 1 aromatic carbocycles. The molecule has 0 heterocycles. The van der Waals surface area contributed by atoms with Crippen LogP contribution in [0.1, 0.15) is 53.4 Å². The first-order chi connectivity index (χ1) is 12.1. The second-order valence-corrected chi connectivity index (χ2v) is 14.2. The van der Waals surface area contributed by atoms with E-state index < -0.39 is 8.32 Å². The van der Waals surface area contributed by atoms with E-state index in [2.05, 4.69) is 46.3 Å². The van der Waals surface area contributed by atoms with Crippen LogP contribution >= 0.6 is 11.8 Å². The molecule has 0 aliphatic heterocycles. The number of nitrogens with one attached hydrogen (secondary N) is 1. The van der Waals surface area contributed by atoms with Gasteiger partial charge in [0.05, 0.1) is 7.11 Å². The maximum absolute atomic E-state index is 12.4. The molecule has 0 spiro atoms. The van der Waals surface area contributed by atoms with Crippen LogP contribution in [0.2, 0.25) is 18.1 Å². The number of methoxy groups -OCH3 is 1. The summed E-state index contributed by atoms with van der Waals surface area (Å²) in [5.74, 6) is 0.817. The van der Waals surface area contributed by atoms with Crippen molar-refractivity contribution >= 4 is 26.0 Å².